The summed E-state index contributed by atoms with van der Waals surface area (Å²) in [5.41, 5.74) is 4.63. The Bertz CT molecular complexity index is 1280. The van der Waals surface area contributed by atoms with E-state index in [9.17, 15) is 4.79 Å². The van der Waals surface area contributed by atoms with Crippen molar-refractivity contribution in [2.24, 2.45) is 7.05 Å². The highest BCUT2D eigenvalue weighted by atomic mass is 16.5. The number of hydrogen-bond acceptors (Lipinski definition) is 3. The summed E-state index contributed by atoms with van der Waals surface area (Å²) >= 11 is 0. The van der Waals surface area contributed by atoms with Gasteiger partial charge in [0.05, 0.1) is 11.9 Å². The molecule has 2 aromatic heterocycles. The van der Waals surface area contributed by atoms with Crippen LogP contribution in [0.25, 0.3) is 22.2 Å². The molecular formula is C24H22N4O2. The van der Waals surface area contributed by atoms with Gasteiger partial charge in [-0.15, -0.1) is 0 Å². The highest BCUT2D eigenvalue weighted by Gasteiger charge is 2.45. The van der Waals surface area contributed by atoms with Gasteiger partial charge in [-0.25, -0.2) is 0 Å². The molecule has 2 aliphatic heterocycles. The Hall–Kier alpha value is -3.54. The van der Waals surface area contributed by atoms with Gasteiger partial charge in [0.2, 0.25) is 0 Å². The molecule has 6 nitrogen and oxygen atoms in total. The maximum Gasteiger partial charge on any atom is 0.254 e. The number of nitrogens with one attached hydrogen (secondary N) is 1. The van der Waals surface area contributed by atoms with E-state index in [0.717, 1.165) is 51.9 Å². The smallest absolute Gasteiger partial charge is 0.254 e. The Kier molecular flexibility index (Phi) is 3.60. The molecule has 0 aliphatic carbocycles. The van der Waals surface area contributed by atoms with Crippen LogP contribution in [0, 0.1) is 0 Å². The Balaban J connectivity index is 1.32. The van der Waals surface area contributed by atoms with Crippen LogP contribution in [0.3, 0.4) is 0 Å². The number of carbonyl (C=O) groups is 1. The van der Waals surface area contributed by atoms with E-state index in [1.165, 1.54) is 0 Å². The van der Waals surface area contributed by atoms with E-state index in [0.29, 0.717) is 13.1 Å². The standard InChI is InChI=1S/C24H22N4O2/c1-27-22-18-5-2-3-8-21(18)30-24(19(22)15-26-27)10-13-28(14-11-24)23(29)17-6-4-7-20-16(17)9-12-25-20/h2-9,12,15,25H,10-11,13-14H2,1H3. The number of hydrogen-bond donors (Lipinski definition) is 1. The molecule has 0 saturated carbocycles. The molecule has 1 N–H and O–H groups in total. The number of aromatic nitrogens is 3. The summed E-state index contributed by atoms with van der Waals surface area (Å²) < 4.78 is 8.53. The van der Waals surface area contributed by atoms with Gasteiger partial charge in [-0.3, -0.25) is 9.48 Å². The van der Waals surface area contributed by atoms with Crippen LogP contribution in [-0.2, 0) is 12.6 Å². The predicted octanol–water partition coefficient (Wildman–Crippen LogP) is 4.09. The lowest BCUT2D eigenvalue weighted by Crippen LogP contribution is -2.49. The first kappa shape index (κ1) is 17.3. The summed E-state index contributed by atoms with van der Waals surface area (Å²) in [6.07, 6.45) is 5.30. The van der Waals surface area contributed by atoms with E-state index in [2.05, 4.69) is 16.1 Å². The third-order valence-corrected chi connectivity index (χ3v) is 6.56. The summed E-state index contributed by atoms with van der Waals surface area (Å²) in [6, 6.07) is 15.9. The number of para-hydroxylation sites is 1. The van der Waals surface area contributed by atoms with Crippen LogP contribution >= 0.6 is 0 Å². The van der Waals surface area contributed by atoms with Crippen LogP contribution in [0.4, 0.5) is 0 Å². The average molecular weight is 398 g/mol. The van der Waals surface area contributed by atoms with Crippen LogP contribution in [0.15, 0.2) is 60.9 Å². The number of nitrogens with zero attached hydrogens (tertiary/aromatic N) is 3. The number of carbonyl (C=O) groups excluding carboxylic acids is 1. The molecule has 1 saturated heterocycles. The minimum absolute atomic E-state index is 0.0812. The molecule has 150 valence electrons. The van der Waals surface area contributed by atoms with Gasteiger partial charge in [0.25, 0.3) is 5.91 Å². The molecule has 1 amide bonds. The van der Waals surface area contributed by atoms with Crippen molar-refractivity contribution in [2.45, 2.75) is 18.4 Å². The van der Waals surface area contributed by atoms with Crippen molar-refractivity contribution in [3.8, 4) is 17.0 Å². The van der Waals surface area contributed by atoms with Crippen LogP contribution < -0.4 is 4.74 Å². The number of amides is 1. The Morgan fingerprint density at radius 3 is 2.80 bits per heavy atom. The normalized spacial score (nSPS) is 16.9. The minimum atomic E-state index is -0.436. The second-order valence-corrected chi connectivity index (χ2v) is 8.16. The number of ether oxygens (including phenoxy) is 1. The molecule has 2 aromatic carbocycles. The SMILES string of the molecule is Cn1ncc2c1-c1ccccc1OC21CCN(C(=O)c2cccc3[nH]ccc23)CC1. The second kappa shape index (κ2) is 6.23. The van der Waals surface area contributed by atoms with Gasteiger partial charge in [-0.2, -0.15) is 5.10 Å². The van der Waals surface area contributed by atoms with E-state index in [-0.39, 0.29) is 5.91 Å². The van der Waals surface area contributed by atoms with Gasteiger partial charge in [-0.05, 0) is 30.3 Å². The van der Waals surface area contributed by atoms with Gasteiger partial charge in [0.1, 0.15) is 11.4 Å². The van der Waals surface area contributed by atoms with E-state index in [1.807, 2.05) is 71.5 Å². The topological polar surface area (TPSA) is 63.1 Å². The fraction of sp³-hybridized carbons (Fsp3) is 0.250. The van der Waals surface area contributed by atoms with Crippen molar-refractivity contribution in [2.75, 3.05) is 13.1 Å². The largest absolute Gasteiger partial charge is 0.482 e. The van der Waals surface area contributed by atoms with Gasteiger partial charge in [-0.1, -0.05) is 18.2 Å². The monoisotopic (exact) mass is 398 g/mol. The molecule has 0 radical (unpaired) electrons. The molecule has 6 rings (SSSR count). The summed E-state index contributed by atoms with van der Waals surface area (Å²) in [5, 5.41) is 5.50. The number of rotatable bonds is 1. The molecule has 1 spiro atoms. The lowest BCUT2D eigenvalue weighted by Gasteiger charge is -2.44. The van der Waals surface area contributed by atoms with Crippen molar-refractivity contribution in [1.29, 1.82) is 0 Å². The number of aryl methyl sites for hydroxylation is 1. The fourth-order valence-corrected chi connectivity index (χ4v) is 4.99. The molecule has 0 atom stereocenters. The first-order chi connectivity index (χ1) is 14.7. The molecule has 6 heteroatoms. The molecule has 0 bridgehead atoms. The second-order valence-electron chi connectivity index (χ2n) is 8.16. The third kappa shape index (κ3) is 2.36. The Labute approximate surface area is 174 Å². The predicted molar refractivity (Wildman–Crippen MR) is 114 cm³/mol. The highest BCUT2D eigenvalue weighted by Crippen LogP contribution is 2.49. The number of piperidine rings is 1. The van der Waals surface area contributed by atoms with E-state index < -0.39 is 5.60 Å². The first-order valence-electron chi connectivity index (χ1n) is 10.3. The molecule has 2 aliphatic rings. The summed E-state index contributed by atoms with van der Waals surface area (Å²) in [4.78, 5) is 18.4. The van der Waals surface area contributed by atoms with Crippen LogP contribution in [0.5, 0.6) is 5.75 Å². The van der Waals surface area contributed by atoms with Gasteiger partial charge >= 0.3 is 0 Å². The van der Waals surface area contributed by atoms with E-state index in [4.69, 9.17) is 4.74 Å². The maximum atomic E-state index is 13.3. The average Bonchev–Trinajstić information content (AvgIpc) is 3.41. The summed E-state index contributed by atoms with van der Waals surface area (Å²) in [7, 11) is 1.98. The highest BCUT2D eigenvalue weighted by molar-refractivity contribution is 6.06. The summed E-state index contributed by atoms with van der Waals surface area (Å²) in [6.45, 7) is 1.30. The minimum Gasteiger partial charge on any atom is -0.482 e. The van der Waals surface area contributed by atoms with Gasteiger partial charge in [0, 0.05) is 66.8 Å². The van der Waals surface area contributed by atoms with Crippen molar-refractivity contribution in [3.63, 3.8) is 0 Å². The number of likely N-dealkylation sites (tertiary alicyclic amines) is 1. The molecule has 30 heavy (non-hydrogen) atoms. The van der Waals surface area contributed by atoms with Crippen molar-refractivity contribution in [1.82, 2.24) is 19.7 Å². The molecule has 1 fully saturated rings. The molecule has 4 heterocycles. The molecular weight excluding hydrogens is 376 g/mol. The van der Waals surface area contributed by atoms with Crippen LogP contribution in [0.1, 0.15) is 28.8 Å². The van der Waals surface area contributed by atoms with E-state index in [1.54, 1.807) is 0 Å². The lowest BCUT2D eigenvalue weighted by molar-refractivity contribution is -0.00166. The van der Waals surface area contributed by atoms with Crippen molar-refractivity contribution >= 4 is 16.8 Å². The Morgan fingerprint density at radius 1 is 1.10 bits per heavy atom. The van der Waals surface area contributed by atoms with Crippen LogP contribution in [0.2, 0.25) is 0 Å². The quantitative estimate of drug-likeness (QED) is 0.525. The van der Waals surface area contributed by atoms with E-state index >= 15 is 0 Å². The zero-order chi connectivity index (χ0) is 20.3. The molecule has 4 aromatic rings. The van der Waals surface area contributed by atoms with Crippen molar-refractivity contribution < 1.29 is 9.53 Å². The molecule has 0 unspecified atom stereocenters. The third-order valence-electron chi connectivity index (χ3n) is 6.56. The van der Waals surface area contributed by atoms with Gasteiger partial charge in [0.15, 0.2) is 0 Å². The zero-order valence-corrected chi connectivity index (χ0v) is 16.8. The fourth-order valence-electron chi connectivity index (χ4n) is 4.99. The lowest BCUT2D eigenvalue weighted by atomic mass is 9.81. The number of aromatic amines is 1. The zero-order valence-electron chi connectivity index (χ0n) is 16.8. The first-order valence-corrected chi connectivity index (χ1v) is 10.3. The van der Waals surface area contributed by atoms with Crippen molar-refractivity contribution in [3.05, 3.63) is 72.1 Å². The Morgan fingerprint density at radius 2 is 1.93 bits per heavy atom. The van der Waals surface area contributed by atoms with Crippen LogP contribution in [-0.4, -0.2) is 38.7 Å². The maximum absolute atomic E-state index is 13.3. The van der Waals surface area contributed by atoms with Gasteiger partial charge < -0.3 is 14.6 Å². The number of fused-ring (bicyclic) bond motifs is 5. The number of benzene rings is 2. The summed E-state index contributed by atoms with van der Waals surface area (Å²) in [5.74, 6) is 0.975. The number of H-pyrrole nitrogens is 1.